The highest BCUT2D eigenvalue weighted by molar-refractivity contribution is 6.30. The first kappa shape index (κ1) is 16.0. The molecular weight excluding hydrogens is 321 g/mol. The summed E-state index contributed by atoms with van der Waals surface area (Å²) in [6.07, 6.45) is 3.36. The van der Waals surface area contributed by atoms with E-state index in [0.717, 1.165) is 5.69 Å². The molecular formula is C16H17ClFN3O2. The van der Waals surface area contributed by atoms with Gasteiger partial charge in [0.1, 0.15) is 5.82 Å². The second-order valence-electron chi connectivity index (χ2n) is 5.91. The summed E-state index contributed by atoms with van der Waals surface area (Å²) in [5, 5.41) is 9.98. The SMILES string of the molecule is Cn1cncc1[C@@H]1CN(Cc2cc(Cl)ccc2F)C[C@H]1C(=O)O. The smallest absolute Gasteiger partial charge is 0.308 e. The number of nitrogens with zero attached hydrogens (tertiary/aromatic N) is 3. The molecule has 2 aromatic rings. The molecule has 1 aromatic heterocycles. The van der Waals surface area contributed by atoms with Crippen LogP contribution in [0, 0.1) is 11.7 Å². The Bertz CT molecular complexity index is 734. The van der Waals surface area contributed by atoms with Gasteiger partial charge in [0, 0.05) is 55.1 Å². The van der Waals surface area contributed by atoms with Crippen LogP contribution in [0.3, 0.4) is 0 Å². The number of benzene rings is 1. The zero-order valence-electron chi connectivity index (χ0n) is 12.6. The minimum atomic E-state index is -0.842. The van der Waals surface area contributed by atoms with Crippen LogP contribution in [-0.2, 0) is 18.4 Å². The lowest BCUT2D eigenvalue weighted by Gasteiger charge is -2.16. The van der Waals surface area contributed by atoms with E-state index in [4.69, 9.17) is 11.6 Å². The predicted molar refractivity (Wildman–Crippen MR) is 83.8 cm³/mol. The number of imidazole rings is 1. The van der Waals surface area contributed by atoms with Crippen molar-refractivity contribution in [3.63, 3.8) is 0 Å². The van der Waals surface area contributed by atoms with Crippen molar-refractivity contribution in [3.8, 4) is 0 Å². The highest BCUT2D eigenvalue weighted by atomic mass is 35.5. The summed E-state index contributed by atoms with van der Waals surface area (Å²) in [6, 6.07) is 4.42. The molecule has 0 amide bonds. The van der Waals surface area contributed by atoms with E-state index in [2.05, 4.69) is 4.98 Å². The Morgan fingerprint density at radius 3 is 2.91 bits per heavy atom. The second kappa shape index (κ2) is 6.29. The molecule has 1 aliphatic heterocycles. The van der Waals surface area contributed by atoms with Gasteiger partial charge in [-0.1, -0.05) is 11.6 Å². The number of aliphatic carboxylic acids is 1. The number of aryl methyl sites for hydroxylation is 1. The molecule has 0 bridgehead atoms. The number of hydrogen-bond acceptors (Lipinski definition) is 3. The summed E-state index contributed by atoms with van der Waals surface area (Å²) >= 11 is 5.92. The van der Waals surface area contributed by atoms with Gasteiger partial charge in [0.2, 0.25) is 0 Å². The number of likely N-dealkylation sites (tertiary alicyclic amines) is 1. The van der Waals surface area contributed by atoms with Gasteiger partial charge in [-0.25, -0.2) is 9.37 Å². The molecule has 2 heterocycles. The minimum Gasteiger partial charge on any atom is -0.481 e. The van der Waals surface area contributed by atoms with Gasteiger partial charge in [-0.3, -0.25) is 9.69 Å². The van der Waals surface area contributed by atoms with Crippen molar-refractivity contribution in [2.24, 2.45) is 13.0 Å². The standard InChI is InChI=1S/C16H17ClFN3O2/c1-20-9-19-5-15(20)12-7-21(8-13(12)16(22)23)6-10-4-11(17)2-3-14(10)18/h2-5,9,12-13H,6-8H2,1H3,(H,22,23)/t12-,13-/m1/s1. The summed E-state index contributed by atoms with van der Waals surface area (Å²) in [7, 11) is 1.85. The number of carbonyl (C=O) groups is 1. The number of halogens is 2. The van der Waals surface area contributed by atoms with Crippen molar-refractivity contribution >= 4 is 17.6 Å². The first-order valence-electron chi connectivity index (χ1n) is 7.31. The Morgan fingerprint density at radius 1 is 1.48 bits per heavy atom. The molecule has 1 fully saturated rings. The Labute approximate surface area is 138 Å². The predicted octanol–water partition coefficient (Wildman–Crippen LogP) is 2.51. The van der Waals surface area contributed by atoms with Crippen LogP contribution in [0.25, 0.3) is 0 Å². The molecule has 2 atom stereocenters. The normalized spacial score (nSPS) is 21.7. The fourth-order valence-electron chi connectivity index (χ4n) is 3.19. The number of hydrogen-bond donors (Lipinski definition) is 1. The molecule has 1 aliphatic rings. The van der Waals surface area contributed by atoms with Crippen LogP contribution >= 0.6 is 11.6 Å². The van der Waals surface area contributed by atoms with Crippen molar-refractivity contribution in [2.45, 2.75) is 12.5 Å². The van der Waals surface area contributed by atoms with Crippen molar-refractivity contribution in [3.05, 3.63) is 52.8 Å². The molecule has 0 radical (unpaired) electrons. The third kappa shape index (κ3) is 3.23. The number of rotatable bonds is 4. The van der Waals surface area contributed by atoms with Crippen molar-refractivity contribution in [2.75, 3.05) is 13.1 Å². The Morgan fingerprint density at radius 2 is 2.26 bits per heavy atom. The van der Waals surface area contributed by atoms with Crippen LogP contribution in [0.1, 0.15) is 17.2 Å². The molecule has 7 heteroatoms. The molecule has 0 unspecified atom stereocenters. The molecule has 1 aromatic carbocycles. The number of aromatic nitrogens is 2. The van der Waals surface area contributed by atoms with Gasteiger partial charge in [0.05, 0.1) is 12.2 Å². The summed E-state index contributed by atoms with van der Waals surface area (Å²) in [5.74, 6) is -1.87. The maximum atomic E-state index is 13.9. The fraction of sp³-hybridized carbons (Fsp3) is 0.375. The van der Waals surface area contributed by atoms with Crippen molar-refractivity contribution < 1.29 is 14.3 Å². The van der Waals surface area contributed by atoms with Gasteiger partial charge < -0.3 is 9.67 Å². The van der Waals surface area contributed by atoms with Gasteiger partial charge in [0.15, 0.2) is 0 Å². The maximum Gasteiger partial charge on any atom is 0.308 e. The van der Waals surface area contributed by atoms with Gasteiger partial charge in [0.25, 0.3) is 0 Å². The average Bonchev–Trinajstić information content (AvgIpc) is 3.09. The lowest BCUT2D eigenvalue weighted by molar-refractivity contribution is -0.141. The van der Waals surface area contributed by atoms with Crippen molar-refractivity contribution in [1.29, 1.82) is 0 Å². The van der Waals surface area contributed by atoms with E-state index in [1.807, 2.05) is 16.5 Å². The third-order valence-electron chi connectivity index (χ3n) is 4.35. The van der Waals surface area contributed by atoms with Crippen LogP contribution in [0.2, 0.25) is 5.02 Å². The lowest BCUT2D eigenvalue weighted by atomic mass is 9.93. The number of carboxylic acid groups (broad SMARTS) is 1. The monoisotopic (exact) mass is 337 g/mol. The first-order valence-corrected chi connectivity index (χ1v) is 7.69. The van der Waals surface area contributed by atoms with Crippen LogP contribution in [0.15, 0.2) is 30.7 Å². The molecule has 1 saturated heterocycles. The van der Waals surface area contributed by atoms with E-state index in [1.165, 1.54) is 12.1 Å². The zero-order valence-corrected chi connectivity index (χ0v) is 13.4. The van der Waals surface area contributed by atoms with E-state index in [1.54, 1.807) is 18.6 Å². The van der Waals surface area contributed by atoms with Gasteiger partial charge >= 0.3 is 5.97 Å². The second-order valence-corrected chi connectivity index (χ2v) is 6.35. The Balaban J connectivity index is 1.82. The fourth-order valence-corrected chi connectivity index (χ4v) is 3.39. The van der Waals surface area contributed by atoms with E-state index < -0.39 is 11.9 Å². The zero-order chi connectivity index (χ0) is 16.6. The largest absolute Gasteiger partial charge is 0.481 e. The van der Waals surface area contributed by atoms with E-state index in [-0.39, 0.29) is 11.7 Å². The molecule has 0 saturated carbocycles. The first-order chi connectivity index (χ1) is 11.0. The molecule has 23 heavy (non-hydrogen) atoms. The third-order valence-corrected chi connectivity index (χ3v) is 4.58. The number of carboxylic acids is 1. The van der Waals surface area contributed by atoms with Crippen LogP contribution in [-0.4, -0.2) is 38.6 Å². The summed E-state index contributed by atoms with van der Waals surface area (Å²) in [6.45, 7) is 1.25. The molecule has 122 valence electrons. The molecule has 5 nitrogen and oxygen atoms in total. The molecule has 0 spiro atoms. The Kier molecular flexibility index (Phi) is 4.37. The quantitative estimate of drug-likeness (QED) is 0.931. The van der Waals surface area contributed by atoms with Gasteiger partial charge in [-0.2, -0.15) is 0 Å². The molecule has 1 N–H and O–H groups in total. The highest BCUT2D eigenvalue weighted by Gasteiger charge is 2.39. The average molecular weight is 338 g/mol. The van der Waals surface area contributed by atoms with Crippen LogP contribution < -0.4 is 0 Å². The van der Waals surface area contributed by atoms with E-state index in [9.17, 15) is 14.3 Å². The van der Waals surface area contributed by atoms with Gasteiger partial charge in [-0.05, 0) is 18.2 Å². The Hall–Kier alpha value is -1.92. The summed E-state index contributed by atoms with van der Waals surface area (Å²) < 4.78 is 15.7. The molecule has 3 rings (SSSR count). The lowest BCUT2D eigenvalue weighted by Crippen LogP contribution is -2.23. The maximum absolute atomic E-state index is 13.9. The highest BCUT2D eigenvalue weighted by Crippen LogP contribution is 2.33. The minimum absolute atomic E-state index is 0.165. The van der Waals surface area contributed by atoms with Gasteiger partial charge in [-0.15, -0.1) is 0 Å². The van der Waals surface area contributed by atoms with Crippen molar-refractivity contribution in [1.82, 2.24) is 14.5 Å². The summed E-state index contributed by atoms with van der Waals surface area (Å²) in [4.78, 5) is 17.6. The summed E-state index contributed by atoms with van der Waals surface area (Å²) in [5.41, 5.74) is 1.36. The van der Waals surface area contributed by atoms with E-state index >= 15 is 0 Å². The van der Waals surface area contributed by atoms with Crippen LogP contribution in [0.5, 0.6) is 0 Å². The molecule has 0 aliphatic carbocycles. The van der Waals surface area contributed by atoms with Crippen LogP contribution in [0.4, 0.5) is 4.39 Å². The topological polar surface area (TPSA) is 58.4 Å². The van der Waals surface area contributed by atoms with E-state index in [0.29, 0.717) is 30.2 Å².